The van der Waals surface area contributed by atoms with E-state index in [4.69, 9.17) is 5.11 Å². The standard InChI is InChI=1S/C14H16N2O4S/c17-7-2-1-4-11-5-3-6-13(8-11)21(19,20)16-12-9-14(18)15-10-12/h3,5-6,8,12,16-17H,2,7,9-10H2,(H,15,18). The van der Waals surface area contributed by atoms with E-state index in [1.807, 2.05) is 0 Å². The normalized spacial score (nSPS) is 18.0. The molecule has 2 rings (SSSR count). The molecule has 1 aromatic rings. The van der Waals surface area contributed by atoms with Gasteiger partial charge in [-0.2, -0.15) is 0 Å². The van der Waals surface area contributed by atoms with Gasteiger partial charge < -0.3 is 10.4 Å². The first-order valence-corrected chi connectivity index (χ1v) is 7.98. The van der Waals surface area contributed by atoms with E-state index in [1.165, 1.54) is 12.1 Å². The summed E-state index contributed by atoms with van der Waals surface area (Å²) in [5.41, 5.74) is 0.562. The van der Waals surface area contributed by atoms with Crippen molar-refractivity contribution in [2.45, 2.75) is 23.8 Å². The third kappa shape index (κ3) is 4.29. The maximum absolute atomic E-state index is 12.2. The van der Waals surface area contributed by atoms with Crippen molar-refractivity contribution in [3.63, 3.8) is 0 Å². The first-order chi connectivity index (χ1) is 10.0. The Kier molecular flexibility index (Phi) is 4.96. The Morgan fingerprint density at radius 1 is 1.43 bits per heavy atom. The zero-order chi connectivity index (χ0) is 15.3. The molecule has 1 amide bonds. The van der Waals surface area contributed by atoms with Crippen molar-refractivity contribution in [1.82, 2.24) is 10.0 Å². The lowest BCUT2D eigenvalue weighted by Crippen LogP contribution is -2.36. The van der Waals surface area contributed by atoms with Crippen LogP contribution in [0.1, 0.15) is 18.4 Å². The summed E-state index contributed by atoms with van der Waals surface area (Å²) in [4.78, 5) is 11.2. The molecule has 6 nitrogen and oxygen atoms in total. The van der Waals surface area contributed by atoms with Gasteiger partial charge in [0.25, 0.3) is 0 Å². The first kappa shape index (κ1) is 15.5. The molecule has 1 aliphatic rings. The van der Waals surface area contributed by atoms with E-state index in [9.17, 15) is 13.2 Å². The van der Waals surface area contributed by atoms with E-state index < -0.39 is 16.1 Å². The summed E-state index contributed by atoms with van der Waals surface area (Å²) in [5.74, 6) is 5.37. The highest BCUT2D eigenvalue weighted by Gasteiger charge is 2.26. The van der Waals surface area contributed by atoms with E-state index in [-0.39, 0.29) is 23.8 Å². The minimum Gasteiger partial charge on any atom is -0.395 e. The van der Waals surface area contributed by atoms with Crippen molar-refractivity contribution in [1.29, 1.82) is 0 Å². The van der Waals surface area contributed by atoms with Crippen LogP contribution in [0.2, 0.25) is 0 Å². The van der Waals surface area contributed by atoms with Crippen LogP contribution in [0.5, 0.6) is 0 Å². The molecule has 1 saturated heterocycles. The van der Waals surface area contributed by atoms with Gasteiger partial charge >= 0.3 is 0 Å². The number of hydrogen-bond acceptors (Lipinski definition) is 4. The predicted molar refractivity (Wildman–Crippen MR) is 76.8 cm³/mol. The van der Waals surface area contributed by atoms with Crippen molar-refractivity contribution in [2.75, 3.05) is 13.2 Å². The zero-order valence-electron chi connectivity index (χ0n) is 11.3. The molecule has 1 aliphatic heterocycles. The molecule has 0 aromatic heterocycles. The Morgan fingerprint density at radius 3 is 2.90 bits per heavy atom. The highest BCUT2D eigenvalue weighted by atomic mass is 32.2. The van der Waals surface area contributed by atoms with Crippen molar-refractivity contribution in [3.05, 3.63) is 29.8 Å². The second kappa shape index (κ2) is 6.72. The number of aliphatic hydroxyl groups is 1. The van der Waals surface area contributed by atoms with Crippen LogP contribution in [0, 0.1) is 11.8 Å². The van der Waals surface area contributed by atoms with E-state index in [0.29, 0.717) is 18.5 Å². The molecule has 1 atom stereocenters. The third-order valence-corrected chi connectivity index (χ3v) is 4.43. The lowest BCUT2D eigenvalue weighted by molar-refractivity contribution is -0.119. The van der Waals surface area contributed by atoms with Crippen LogP contribution in [-0.4, -0.2) is 38.6 Å². The second-order valence-electron chi connectivity index (χ2n) is 4.63. The molecular formula is C14H16N2O4S. The van der Waals surface area contributed by atoms with Gasteiger partial charge in [0.15, 0.2) is 0 Å². The molecule has 0 saturated carbocycles. The van der Waals surface area contributed by atoms with Crippen LogP contribution in [0.15, 0.2) is 29.2 Å². The van der Waals surface area contributed by atoms with Gasteiger partial charge in [-0.3, -0.25) is 4.79 Å². The maximum atomic E-state index is 12.2. The smallest absolute Gasteiger partial charge is 0.240 e. The van der Waals surface area contributed by atoms with Crippen molar-refractivity contribution >= 4 is 15.9 Å². The fourth-order valence-electron chi connectivity index (χ4n) is 1.94. The molecule has 1 heterocycles. The molecule has 0 aliphatic carbocycles. The van der Waals surface area contributed by atoms with Crippen LogP contribution < -0.4 is 10.0 Å². The highest BCUT2D eigenvalue weighted by Crippen LogP contribution is 2.13. The van der Waals surface area contributed by atoms with Gasteiger partial charge in [-0.25, -0.2) is 13.1 Å². The quantitative estimate of drug-likeness (QED) is 0.659. The minimum absolute atomic E-state index is 0.0325. The summed E-state index contributed by atoms with van der Waals surface area (Å²) in [6.07, 6.45) is 0.486. The molecule has 0 spiro atoms. The number of rotatable bonds is 4. The summed E-state index contributed by atoms with van der Waals surface area (Å²) >= 11 is 0. The molecule has 7 heteroatoms. The monoisotopic (exact) mass is 308 g/mol. The maximum Gasteiger partial charge on any atom is 0.240 e. The molecule has 1 fully saturated rings. The highest BCUT2D eigenvalue weighted by molar-refractivity contribution is 7.89. The number of amides is 1. The van der Waals surface area contributed by atoms with Crippen LogP contribution >= 0.6 is 0 Å². The minimum atomic E-state index is -3.68. The average molecular weight is 308 g/mol. The van der Waals surface area contributed by atoms with Gasteiger partial charge in [0, 0.05) is 31.0 Å². The number of benzene rings is 1. The topological polar surface area (TPSA) is 95.5 Å². The Balaban J connectivity index is 2.15. The fourth-order valence-corrected chi connectivity index (χ4v) is 3.22. The van der Waals surface area contributed by atoms with E-state index in [0.717, 1.165) is 0 Å². The predicted octanol–water partition coefficient (Wildman–Crippen LogP) is -0.413. The fraction of sp³-hybridized carbons (Fsp3) is 0.357. The van der Waals surface area contributed by atoms with Gasteiger partial charge in [-0.15, -0.1) is 0 Å². The third-order valence-electron chi connectivity index (χ3n) is 2.91. The SMILES string of the molecule is O=C1CC(NS(=O)(=O)c2cccc(C#CCCO)c2)CN1. The Labute approximate surface area is 123 Å². The van der Waals surface area contributed by atoms with Crippen LogP contribution in [0.4, 0.5) is 0 Å². The number of aliphatic hydroxyl groups excluding tert-OH is 1. The number of hydrogen-bond donors (Lipinski definition) is 3. The Hall–Kier alpha value is -1.88. The number of nitrogens with one attached hydrogen (secondary N) is 2. The van der Waals surface area contributed by atoms with E-state index in [1.54, 1.807) is 12.1 Å². The first-order valence-electron chi connectivity index (χ1n) is 6.50. The molecule has 21 heavy (non-hydrogen) atoms. The molecule has 0 radical (unpaired) electrons. The van der Waals surface area contributed by atoms with Gasteiger partial charge in [0.2, 0.25) is 15.9 Å². The molecule has 1 aromatic carbocycles. The van der Waals surface area contributed by atoms with Crippen LogP contribution in [0.3, 0.4) is 0 Å². The Morgan fingerprint density at radius 2 is 2.24 bits per heavy atom. The van der Waals surface area contributed by atoms with Crippen molar-refractivity contribution < 1.29 is 18.3 Å². The summed E-state index contributed by atoms with van der Waals surface area (Å²) in [5, 5.41) is 11.2. The van der Waals surface area contributed by atoms with Crippen molar-refractivity contribution in [3.8, 4) is 11.8 Å². The molecule has 112 valence electrons. The molecule has 3 N–H and O–H groups in total. The molecular weight excluding hydrogens is 292 g/mol. The molecule has 0 bridgehead atoms. The largest absolute Gasteiger partial charge is 0.395 e. The Bertz CT molecular complexity index is 688. The summed E-state index contributed by atoms with van der Waals surface area (Å²) in [6, 6.07) is 5.83. The van der Waals surface area contributed by atoms with E-state index >= 15 is 0 Å². The van der Waals surface area contributed by atoms with Gasteiger partial charge in [-0.05, 0) is 18.2 Å². The lowest BCUT2D eigenvalue weighted by atomic mass is 10.2. The lowest BCUT2D eigenvalue weighted by Gasteiger charge is -2.11. The molecule has 1 unspecified atom stereocenters. The average Bonchev–Trinajstić information content (AvgIpc) is 2.84. The second-order valence-corrected chi connectivity index (χ2v) is 6.34. The summed E-state index contributed by atoms with van der Waals surface area (Å²) < 4.78 is 27.0. The van der Waals surface area contributed by atoms with Gasteiger partial charge in [0.1, 0.15) is 0 Å². The number of carbonyl (C=O) groups is 1. The zero-order valence-corrected chi connectivity index (χ0v) is 12.1. The number of sulfonamides is 1. The summed E-state index contributed by atoms with van der Waals surface area (Å²) in [6.45, 7) is 0.267. The van der Waals surface area contributed by atoms with Crippen molar-refractivity contribution in [2.24, 2.45) is 0 Å². The van der Waals surface area contributed by atoms with Gasteiger partial charge in [-0.1, -0.05) is 17.9 Å². The van der Waals surface area contributed by atoms with Crippen LogP contribution in [0.25, 0.3) is 0 Å². The van der Waals surface area contributed by atoms with Gasteiger partial charge in [0.05, 0.1) is 11.5 Å². The number of carbonyl (C=O) groups excluding carboxylic acids is 1. The van der Waals surface area contributed by atoms with Crippen LogP contribution in [-0.2, 0) is 14.8 Å². The van der Waals surface area contributed by atoms with E-state index in [2.05, 4.69) is 21.9 Å². The summed E-state index contributed by atoms with van der Waals surface area (Å²) in [7, 11) is -3.68.